The minimum atomic E-state index is -0.282. The molecular formula is C21H21FN4O3. The van der Waals surface area contributed by atoms with Crippen molar-refractivity contribution in [2.45, 2.75) is 6.42 Å². The van der Waals surface area contributed by atoms with Gasteiger partial charge in [-0.15, -0.1) is 0 Å². The van der Waals surface area contributed by atoms with Gasteiger partial charge in [0.15, 0.2) is 0 Å². The summed E-state index contributed by atoms with van der Waals surface area (Å²) in [4.78, 5) is 24.0. The predicted molar refractivity (Wildman–Crippen MR) is 107 cm³/mol. The molecule has 29 heavy (non-hydrogen) atoms. The van der Waals surface area contributed by atoms with E-state index in [-0.39, 0.29) is 24.2 Å². The van der Waals surface area contributed by atoms with Gasteiger partial charge in [0.1, 0.15) is 12.4 Å². The molecule has 2 N–H and O–H groups in total. The van der Waals surface area contributed by atoms with Gasteiger partial charge in [-0.05, 0) is 36.2 Å². The summed E-state index contributed by atoms with van der Waals surface area (Å²) in [5.74, 6) is -0.824. The van der Waals surface area contributed by atoms with E-state index in [0.29, 0.717) is 35.5 Å². The largest absolute Gasteiger partial charge is 0.375 e. The first-order chi connectivity index (χ1) is 14.1. The number of halogens is 1. The Kier molecular flexibility index (Phi) is 6.70. The average molecular weight is 396 g/mol. The van der Waals surface area contributed by atoms with Crippen LogP contribution in [0.3, 0.4) is 0 Å². The Balaban J connectivity index is 1.61. The van der Waals surface area contributed by atoms with Gasteiger partial charge >= 0.3 is 0 Å². The summed E-state index contributed by atoms with van der Waals surface area (Å²) in [7, 11) is 1.44. The number of aromatic nitrogens is 2. The molecule has 0 bridgehead atoms. The third kappa shape index (κ3) is 5.49. The fourth-order valence-corrected chi connectivity index (χ4v) is 2.76. The summed E-state index contributed by atoms with van der Waals surface area (Å²) in [5.41, 5.74) is 2.20. The van der Waals surface area contributed by atoms with Gasteiger partial charge in [0, 0.05) is 19.2 Å². The first-order valence-corrected chi connectivity index (χ1v) is 9.02. The number of benzene rings is 2. The second-order valence-electron chi connectivity index (χ2n) is 6.30. The quantitative estimate of drug-likeness (QED) is 0.613. The van der Waals surface area contributed by atoms with Crippen molar-refractivity contribution in [1.29, 1.82) is 0 Å². The van der Waals surface area contributed by atoms with E-state index in [9.17, 15) is 14.0 Å². The van der Waals surface area contributed by atoms with Crippen LogP contribution in [0.2, 0.25) is 0 Å². The van der Waals surface area contributed by atoms with Crippen LogP contribution in [0.5, 0.6) is 0 Å². The van der Waals surface area contributed by atoms with Crippen molar-refractivity contribution < 1.29 is 18.7 Å². The van der Waals surface area contributed by atoms with Gasteiger partial charge in [-0.1, -0.05) is 24.3 Å². The normalized spacial score (nSPS) is 10.6. The van der Waals surface area contributed by atoms with Crippen LogP contribution in [-0.2, 0) is 16.0 Å². The highest BCUT2D eigenvalue weighted by Gasteiger charge is 2.09. The highest BCUT2D eigenvalue weighted by Crippen LogP contribution is 2.14. The van der Waals surface area contributed by atoms with Crippen molar-refractivity contribution in [2.75, 3.05) is 25.6 Å². The van der Waals surface area contributed by atoms with Crippen molar-refractivity contribution in [3.05, 3.63) is 77.9 Å². The third-order valence-electron chi connectivity index (χ3n) is 4.15. The molecule has 0 aliphatic carbocycles. The molecule has 0 fully saturated rings. The summed E-state index contributed by atoms with van der Waals surface area (Å²) >= 11 is 0. The molecule has 0 atom stereocenters. The minimum absolute atomic E-state index is 0.0479. The van der Waals surface area contributed by atoms with Gasteiger partial charge in [0.05, 0.1) is 23.8 Å². The van der Waals surface area contributed by atoms with E-state index >= 15 is 0 Å². The molecule has 0 aliphatic heterocycles. The molecule has 0 saturated heterocycles. The van der Waals surface area contributed by atoms with Gasteiger partial charge in [0.25, 0.3) is 5.91 Å². The first-order valence-electron chi connectivity index (χ1n) is 9.02. The predicted octanol–water partition coefficient (Wildman–Crippen LogP) is 2.57. The lowest BCUT2D eigenvalue weighted by Gasteiger charge is -2.08. The number of amides is 2. The Morgan fingerprint density at radius 1 is 1.17 bits per heavy atom. The average Bonchev–Trinajstić information content (AvgIpc) is 3.18. The van der Waals surface area contributed by atoms with E-state index in [2.05, 4.69) is 15.7 Å². The summed E-state index contributed by atoms with van der Waals surface area (Å²) < 4.78 is 20.0. The molecule has 0 saturated carbocycles. The number of anilines is 1. The maximum Gasteiger partial charge on any atom is 0.251 e. The molecule has 0 spiro atoms. The standard InChI is InChI=1S/C21H21FN4O3/c1-29-14-20(27)25-17-12-24-26(13-17)18-7-4-6-16(11-18)21(28)23-10-9-15-5-2-3-8-19(15)22/h2-8,11-13H,9-10,14H2,1H3,(H,23,28)(H,25,27). The molecular weight excluding hydrogens is 375 g/mol. The SMILES string of the molecule is COCC(=O)Nc1cnn(-c2cccc(C(=O)NCCc3ccccc3F)c2)c1. The van der Waals surface area contributed by atoms with Gasteiger partial charge in [-0.3, -0.25) is 9.59 Å². The molecule has 0 radical (unpaired) electrons. The van der Waals surface area contributed by atoms with Gasteiger partial charge in [0.2, 0.25) is 5.91 Å². The maximum absolute atomic E-state index is 13.6. The van der Waals surface area contributed by atoms with Crippen LogP contribution < -0.4 is 10.6 Å². The van der Waals surface area contributed by atoms with Crippen LogP contribution in [-0.4, -0.2) is 41.9 Å². The van der Waals surface area contributed by atoms with Crippen LogP contribution in [0.4, 0.5) is 10.1 Å². The molecule has 2 amide bonds. The number of nitrogens with one attached hydrogen (secondary N) is 2. The van der Waals surface area contributed by atoms with E-state index in [0.717, 1.165) is 0 Å². The number of carbonyl (C=O) groups excluding carboxylic acids is 2. The molecule has 0 aliphatic rings. The van der Waals surface area contributed by atoms with Crippen LogP contribution >= 0.6 is 0 Å². The number of hydrogen-bond acceptors (Lipinski definition) is 4. The Bertz CT molecular complexity index is 1000. The Labute approximate surface area is 167 Å². The highest BCUT2D eigenvalue weighted by molar-refractivity contribution is 5.94. The van der Waals surface area contributed by atoms with Crippen LogP contribution in [0.15, 0.2) is 60.9 Å². The van der Waals surface area contributed by atoms with Crippen molar-refractivity contribution >= 4 is 17.5 Å². The third-order valence-corrected chi connectivity index (χ3v) is 4.15. The summed E-state index contributed by atoms with van der Waals surface area (Å²) in [6.45, 7) is 0.273. The summed E-state index contributed by atoms with van der Waals surface area (Å²) in [5, 5.41) is 9.65. The minimum Gasteiger partial charge on any atom is -0.375 e. The van der Waals surface area contributed by atoms with Gasteiger partial charge < -0.3 is 15.4 Å². The van der Waals surface area contributed by atoms with Crippen LogP contribution in [0, 0.1) is 5.82 Å². The molecule has 8 heteroatoms. The Hall–Kier alpha value is -3.52. The molecule has 0 unspecified atom stereocenters. The van der Waals surface area contributed by atoms with Crippen LogP contribution in [0.25, 0.3) is 5.69 Å². The number of methoxy groups -OCH3 is 1. The number of rotatable bonds is 8. The lowest BCUT2D eigenvalue weighted by Crippen LogP contribution is -2.26. The second kappa shape index (κ2) is 9.61. The van der Waals surface area contributed by atoms with Gasteiger partial charge in [-0.25, -0.2) is 9.07 Å². The molecule has 150 valence electrons. The number of nitrogens with zero attached hydrogens (tertiary/aromatic N) is 2. The highest BCUT2D eigenvalue weighted by atomic mass is 19.1. The van der Waals surface area contributed by atoms with E-state index in [1.807, 2.05) is 0 Å². The van der Waals surface area contributed by atoms with E-state index in [4.69, 9.17) is 4.74 Å². The monoisotopic (exact) mass is 396 g/mol. The zero-order chi connectivity index (χ0) is 20.6. The van der Waals surface area contributed by atoms with Crippen LogP contribution in [0.1, 0.15) is 15.9 Å². The number of hydrogen-bond donors (Lipinski definition) is 2. The van der Waals surface area contributed by atoms with E-state index in [1.54, 1.807) is 53.3 Å². The first kappa shape index (κ1) is 20.2. The fourth-order valence-electron chi connectivity index (χ4n) is 2.76. The maximum atomic E-state index is 13.6. The molecule has 7 nitrogen and oxygen atoms in total. The summed E-state index contributed by atoms with van der Waals surface area (Å²) in [6, 6.07) is 13.4. The second-order valence-corrected chi connectivity index (χ2v) is 6.30. The molecule has 1 aromatic heterocycles. The van der Waals surface area contributed by atoms with E-state index < -0.39 is 0 Å². The summed E-state index contributed by atoms with van der Waals surface area (Å²) in [6.07, 6.45) is 3.55. The Morgan fingerprint density at radius 3 is 2.79 bits per heavy atom. The molecule has 3 aromatic rings. The smallest absolute Gasteiger partial charge is 0.251 e. The van der Waals surface area contributed by atoms with Crippen molar-refractivity contribution in [1.82, 2.24) is 15.1 Å². The number of ether oxygens (including phenoxy) is 1. The lowest BCUT2D eigenvalue weighted by atomic mass is 10.1. The van der Waals surface area contributed by atoms with Crippen molar-refractivity contribution in [2.24, 2.45) is 0 Å². The number of carbonyl (C=O) groups is 2. The van der Waals surface area contributed by atoms with Crippen molar-refractivity contribution in [3.63, 3.8) is 0 Å². The van der Waals surface area contributed by atoms with Crippen molar-refractivity contribution in [3.8, 4) is 5.69 Å². The Morgan fingerprint density at radius 2 is 2.00 bits per heavy atom. The lowest BCUT2D eigenvalue weighted by molar-refractivity contribution is -0.119. The topological polar surface area (TPSA) is 85.2 Å². The zero-order valence-corrected chi connectivity index (χ0v) is 15.9. The fraction of sp³-hybridized carbons (Fsp3) is 0.190. The molecule has 3 rings (SSSR count). The van der Waals surface area contributed by atoms with Gasteiger partial charge in [-0.2, -0.15) is 5.10 Å². The zero-order valence-electron chi connectivity index (χ0n) is 15.9. The molecule has 2 aromatic carbocycles. The molecule has 1 heterocycles. The van der Waals surface area contributed by atoms with E-state index in [1.165, 1.54) is 19.4 Å².